The fraction of sp³-hybridized carbons (Fsp3) is 0.529. The zero-order chi connectivity index (χ0) is 17.9. The molecule has 1 amide bonds. The lowest BCUT2D eigenvalue weighted by atomic mass is 10.1. The van der Waals surface area contributed by atoms with E-state index in [4.69, 9.17) is 0 Å². The quantitative estimate of drug-likeness (QED) is 0.664. The maximum atomic E-state index is 12.1. The van der Waals surface area contributed by atoms with Gasteiger partial charge in [0.25, 0.3) is 10.0 Å². The number of benzene rings is 1. The Morgan fingerprint density at radius 1 is 1.38 bits per heavy atom. The molecular formula is C17H25ClN4O3S. The number of rotatable bonds is 6. The lowest BCUT2D eigenvalue weighted by Gasteiger charge is -2.11. The van der Waals surface area contributed by atoms with E-state index in [9.17, 15) is 13.2 Å². The molecule has 0 spiro atoms. The molecule has 1 fully saturated rings. The van der Waals surface area contributed by atoms with Crippen LogP contribution in [-0.4, -0.2) is 45.8 Å². The van der Waals surface area contributed by atoms with Gasteiger partial charge in [0.15, 0.2) is 0 Å². The van der Waals surface area contributed by atoms with Gasteiger partial charge in [-0.3, -0.25) is 14.5 Å². The summed E-state index contributed by atoms with van der Waals surface area (Å²) in [7, 11) is -3.54. The van der Waals surface area contributed by atoms with Crippen molar-refractivity contribution in [2.24, 2.45) is 10.9 Å². The van der Waals surface area contributed by atoms with E-state index in [0.29, 0.717) is 23.9 Å². The highest BCUT2D eigenvalue weighted by molar-refractivity contribution is 7.90. The summed E-state index contributed by atoms with van der Waals surface area (Å²) < 4.78 is 26.6. The molecule has 2 heterocycles. The molecule has 7 nitrogen and oxygen atoms in total. The van der Waals surface area contributed by atoms with Crippen molar-refractivity contribution in [3.63, 3.8) is 0 Å². The van der Waals surface area contributed by atoms with Gasteiger partial charge in [0.2, 0.25) is 5.91 Å². The van der Waals surface area contributed by atoms with Gasteiger partial charge in [-0.05, 0) is 50.9 Å². The Morgan fingerprint density at radius 3 is 2.88 bits per heavy atom. The molecule has 2 unspecified atom stereocenters. The highest BCUT2D eigenvalue weighted by Gasteiger charge is 2.30. The van der Waals surface area contributed by atoms with Crippen LogP contribution in [0.1, 0.15) is 31.7 Å². The van der Waals surface area contributed by atoms with Gasteiger partial charge in [-0.1, -0.05) is 12.1 Å². The summed E-state index contributed by atoms with van der Waals surface area (Å²) in [5.74, 6) is 0.896. The van der Waals surface area contributed by atoms with Crippen molar-refractivity contribution in [2.75, 3.05) is 19.6 Å². The number of halogens is 1. The summed E-state index contributed by atoms with van der Waals surface area (Å²) in [5, 5.41) is 6.24. The summed E-state index contributed by atoms with van der Waals surface area (Å²) in [6.07, 6.45) is 2.38. The second-order valence-electron chi connectivity index (χ2n) is 6.63. The molecule has 1 aromatic rings. The van der Waals surface area contributed by atoms with Crippen molar-refractivity contribution in [1.29, 1.82) is 0 Å². The zero-order valence-electron chi connectivity index (χ0n) is 14.7. The van der Waals surface area contributed by atoms with Crippen LogP contribution in [0, 0.1) is 5.92 Å². The molecular weight excluding hydrogens is 376 g/mol. The number of nitrogens with zero attached hydrogens (tertiary/aromatic N) is 1. The van der Waals surface area contributed by atoms with Gasteiger partial charge < -0.3 is 10.6 Å². The number of amides is 1. The fourth-order valence-electron chi connectivity index (χ4n) is 3.21. The Hall–Kier alpha value is -1.64. The van der Waals surface area contributed by atoms with Gasteiger partial charge in [0.05, 0.1) is 10.9 Å². The first-order valence-corrected chi connectivity index (χ1v) is 10.1. The van der Waals surface area contributed by atoms with E-state index in [0.717, 1.165) is 19.5 Å². The van der Waals surface area contributed by atoms with E-state index in [1.165, 1.54) is 6.42 Å². The third-order valence-corrected chi connectivity index (χ3v) is 5.93. The van der Waals surface area contributed by atoms with Crippen LogP contribution in [-0.2, 0) is 14.8 Å². The van der Waals surface area contributed by atoms with Crippen molar-refractivity contribution >= 4 is 34.2 Å². The molecule has 144 valence electrons. The first kappa shape index (κ1) is 20.7. The van der Waals surface area contributed by atoms with Crippen molar-refractivity contribution < 1.29 is 13.2 Å². The molecule has 0 aliphatic carbocycles. The molecule has 2 aliphatic rings. The van der Waals surface area contributed by atoms with Crippen molar-refractivity contribution in [3.05, 3.63) is 29.8 Å². The van der Waals surface area contributed by atoms with E-state index in [-0.39, 0.29) is 35.7 Å². The van der Waals surface area contributed by atoms with Crippen LogP contribution in [0.15, 0.2) is 34.2 Å². The van der Waals surface area contributed by atoms with Gasteiger partial charge in [-0.2, -0.15) is 0 Å². The molecule has 0 bridgehead atoms. The number of fused-ring (bicyclic) bond motifs is 1. The predicted molar refractivity (Wildman–Crippen MR) is 103 cm³/mol. The van der Waals surface area contributed by atoms with Gasteiger partial charge in [-0.25, -0.2) is 8.42 Å². The van der Waals surface area contributed by atoms with Gasteiger partial charge in [0.1, 0.15) is 5.84 Å². The van der Waals surface area contributed by atoms with E-state index in [2.05, 4.69) is 20.3 Å². The first-order valence-electron chi connectivity index (χ1n) is 8.63. The maximum Gasteiger partial charge on any atom is 0.263 e. The number of amidine groups is 1. The summed E-state index contributed by atoms with van der Waals surface area (Å²) in [6.45, 7) is 4.57. The second-order valence-corrected chi connectivity index (χ2v) is 8.28. The number of aliphatic imine (C=N–C) groups is 1. The van der Waals surface area contributed by atoms with Gasteiger partial charge in [-0.15, -0.1) is 12.4 Å². The van der Waals surface area contributed by atoms with Gasteiger partial charge >= 0.3 is 0 Å². The molecule has 2 atom stereocenters. The van der Waals surface area contributed by atoms with Crippen LogP contribution in [0.3, 0.4) is 0 Å². The molecule has 0 saturated carbocycles. The van der Waals surface area contributed by atoms with Crippen molar-refractivity contribution in [3.8, 4) is 0 Å². The highest BCUT2D eigenvalue weighted by atomic mass is 35.5. The lowest BCUT2D eigenvalue weighted by Crippen LogP contribution is -2.29. The third-order valence-electron chi connectivity index (χ3n) is 4.53. The van der Waals surface area contributed by atoms with E-state index in [1.54, 1.807) is 24.3 Å². The molecule has 1 saturated heterocycles. The van der Waals surface area contributed by atoms with Crippen LogP contribution in [0.4, 0.5) is 0 Å². The number of hydrogen-bond acceptors (Lipinski definition) is 5. The van der Waals surface area contributed by atoms with Crippen LogP contribution < -0.4 is 15.4 Å². The number of hydrogen-bond donors (Lipinski definition) is 3. The van der Waals surface area contributed by atoms with E-state index >= 15 is 0 Å². The first-order chi connectivity index (χ1) is 12.0. The summed E-state index contributed by atoms with van der Waals surface area (Å²) >= 11 is 0. The Balaban J connectivity index is 0.00000243. The topological polar surface area (TPSA) is 99.7 Å². The maximum absolute atomic E-state index is 12.1. The van der Waals surface area contributed by atoms with E-state index < -0.39 is 10.0 Å². The molecule has 9 heteroatoms. The fourth-order valence-corrected chi connectivity index (χ4v) is 4.45. The summed E-state index contributed by atoms with van der Waals surface area (Å²) in [4.78, 5) is 16.7. The standard InChI is InChI=1S/C17H24N4O3S.ClH/c1-12(10-16(22)19-9-7-13-6-8-18-11-13)20-17-14-4-2-3-5-15(14)25(23,24)21-17;/h2-5,12-13,18H,6-11H2,1H3,(H,19,22)(H,20,21);1H. The molecule has 0 radical (unpaired) electrons. The molecule has 3 N–H and O–H groups in total. The minimum absolute atomic E-state index is 0. The normalized spacial score (nSPS) is 23.0. The van der Waals surface area contributed by atoms with Crippen LogP contribution in [0.2, 0.25) is 0 Å². The predicted octanol–water partition coefficient (Wildman–Crippen LogP) is 1.04. The lowest BCUT2D eigenvalue weighted by molar-refractivity contribution is -0.121. The van der Waals surface area contributed by atoms with Gasteiger partial charge in [0, 0.05) is 18.5 Å². The van der Waals surface area contributed by atoms with Crippen LogP contribution in [0.25, 0.3) is 0 Å². The largest absolute Gasteiger partial charge is 0.356 e. The average molecular weight is 401 g/mol. The Labute approximate surface area is 160 Å². The van der Waals surface area contributed by atoms with Crippen molar-refractivity contribution in [1.82, 2.24) is 15.4 Å². The molecule has 26 heavy (non-hydrogen) atoms. The minimum Gasteiger partial charge on any atom is -0.356 e. The molecule has 3 rings (SSSR count). The third kappa shape index (κ3) is 4.96. The van der Waals surface area contributed by atoms with Crippen LogP contribution in [0.5, 0.6) is 0 Å². The smallest absolute Gasteiger partial charge is 0.263 e. The zero-order valence-corrected chi connectivity index (χ0v) is 16.3. The Morgan fingerprint density at radius 2 is 2.15 bits per heavy atom. The summed E-state index contributed by atoms with van der Waals surface area (Å²) in [5.41, 5.74) is 0.559. The minimum atomic E-state index is -3.54. The highest BCUT2D eigenvalue weighted by Crippen LogP contribution is 2.22. The summed E-state index contributed by atoms with van der Waals surface area (Å²) in [6, 6.07) is 6.41. The number of nitrogens with one attached hydrogen (secondary N) is 3. The Kier molecular flexibility index (Phi) is 7.02. The second kappa shape index (κ2) is 8.83. The van der Waals surface area contributed by atoms with Crippen molar-refractivity contribution in [2.45, 2.75) is 37.1 Å². The molecule has 2 aliphatic heterocycles. The number of carbonyl (C=O) groups excluding carboxylic acids is 1. The van der Waals surface area contributed by atoms with Crippen LogP contribution >= 0.6 is 12.4 Å². The average Bonchev–Trinajstić information content (AvgIpc) is 3.15. The molecule has 1 aromatic carbocycles. The van der Waals surface area contributed by atoms with E-state index in [1.807, 2.05) is 6.92 Å². The molecule has 0 aromatic heterocycles. The Bertz CT molecular complexity index is 776. The number of carbonyl (C=O) groups is 1. The monoisotopic (exact) mass is 400 g/mol. The SMILES string of the molecule is CC(CC(=O)NCCC1CCNC1)N=C1NS(=O)(=O)c2ccccc21.Cl. The number of sulfonamides is 1.